The summed E-state index contributed by atoms with van der Waals surface area (Å²) in [6.07, 6.45) is 1.52. The van der Waals surface area contributed by atoms with E-state index in [0.717, 1.165) is 19.5 Å². The van der Waals surface area contributed by atoms with Gasteiger partial charge in [-0.2, -0.15) is 0 Å². The molecule has 18 heavy (non-hydrogen) atoms. The van der Waals surface area contributed by atoms with Crippen LogP contribution in [0.3, 0.4) is 0 Å². The zero-order valence-corrected chi connectivity index (χ0v) is 11.4. The molecule has 0 N–H and O–H groups in total. The number of carbonyl (C=O) groups excluding carboxylic acids is 1. The minimum absolute atomic E-state index is 0.119. The maximum absolute atomic E-state index is 11.7. The number of esters is 1. The van der Waals surface area contributed by atoms with Crippen LogP contribution in [0.25, 0.3) is 0 Å². The minimum Gasteiger partial charge on any atom is -0.460 e. The number of ether oxygens (including phenoxy) is 1. The molecule has 0 radical (unpaired) electrons. The summed E-state index contributed by atoms with van der Waals surface area (Å²) in [5, 5.41) is 0. The first-order chi connectivity index (χ1) is 8.46. The zero-order valence-electron chi connectivity index (χ0n) is 11.4. The fourth-order valence-corrected chi connectivity index (χ4v) is 2.26. The summed E-state index contributed by atoms with van der Waals surface area (Å²) >= 11 is 0. The third-order valence-corrected chi connectivity index (χ3v) is 2.99. The fourth-order valence-electron chi connectivity index (χ4n) is 2.26. The van der Waals surface area contributed by atoms with Crippen LogP contribution in [0.5, 0.6) is 0 Å². The number of rotatable bonds is 3. The lowest BCUT2D eigenvalue weighted by molar-refractivity contribution is -0.154. The summed E-state index contributed by atoms with van der Waals surface area (Å²) in [7, 11) is 0. The van der Waals surface area contributed by atoms with Crippen LogP contribution < -0.4 is 4.90 Å². The number of para-hydroxylation sites is 1. The Hall–Kier alpha value is -1.51. The van der Waals surface area contributed by atoms with Gasteiger partial charge in [0.25, 0.3) is 0 Å². The summed E-state index contributed by atoms with van der Waals surface area (Å²) < 4.78 is 5.32. The summed E-state index contributed by atoms with van der Waals surface area (Å²) in [6, 6.07) is 8.39. The van der Waals surface area contributed by atoms with Crippen LogP contribution in [0, 0.1) is 0 Å². The highest BCUT2D eigenvalue weighted by Crippen LogP contribution is 2.27. The van der Waals surface area contributed by atoms with Crippen molar-refractivity contribution in [3.8, 4) is 0 Å². The molecule has 0 aliphatic carbocycles. The van der Waals surface area contributed by atoms with Gasteiger partial charge >= 0.3 is 5.97 Å². The van der Waals surface area contributed by atoms with Gasteiger partial charge in [-0.25, -0.2) is 0 Å². The van der Waals surface area contributed by atoms with Crippen molar-refractivity contribution < 1.29 is 9.53 Å². The Morgan fingerprint density at radius 3 is 2.78 bits per heavy atom. The van der Waals surface area contributed by atoms with Crippen molar-refractivity contribution in [2.24, 2.45) is 0 Å². The van der Waals surface area contributed by atoms with E-state index in [2.05, 4.69) is 23.1 Å². The minimum atomic E-state index is -0.389. The van der Waals surface area contributed by atoms with Gasteiger partial charge in [0, 0.05) is 18.8 Å². The van der Waals surface area contributed by atoms with Gasteiger partial charge in [0.05, 0.1) is 6.42 Å². The van der Waals surface area contributed by atoms with E-state index in [1.165, 1.54) is 11.3 Å². The molecule has 1 aliphatic heterocycles. The first-order valence-electron chi connectivity index (χ1n) is 6.50. The highest BCUT2D eigenvalue weighted by atomic mass is 16.6. The lowest BCUT2D eigenvalue weighted by Crippen LogP contribution is -2.28. The van der Waals surface area contributed by atoms with Crippen LogP contribution in [0.15, 0.2) is 24.3 Å². The number of anilines is 1. The van der Waals surface area contributed by atoms with E-state index in [4.69, 9.17) is 4.74 Å². The third kappa shape index (κ3) is 3.25. The van der Waals surface area contributed by atoms with Gasteiger partial charge < -0.3 is 9.64 Å². The first-order valence-corrected chi connectivity index (χ1v) is 6.50. The van der Waals surface area contributed by atoms with Gasteiger partial charge in [0.2, 0.25) is 0 Å². The molecule has 0 amide bonds. The molecule has 2 rings (SSSR count). The van der Waals surface area contributed by atoms with Gasteiger partial charge in [-0.3, -0.25) is 4.79 Å². The normalized spacial score (nSPS) is 14.5. The van der Waals surface area contributed by atoms with E-state index in [9.17, 15) is 4.79 Å². The van der Waals surface area contributed by atoms with Gasteiger partial charge in [0.1, 0.15) is 5.60 Å². The van der Waals surface area contributed by atoms with Crippen molar-refractivity contribution in [1.82, 2.24) is 0 Å². The second-order valence-corrected chi connectivity index (χ2v) is 5.70. The maximum Gasteiger partial charge on any atom is 0.308 e. The molecule has 0 unspecified atom stereocenters. The second-order valence-electron chi connectivity index (χ2n) is 5.70. The van der Waals surface area contributed by atoms with Crippen LogP contribution in [0.2, 0.25) is 0 Å². The van der Waals surface area contributed by atoms with E-state index in [1.54, 1.807) is 0 Å². The zero-order chi connectivity index (χ0) is 13.2. The van der Waals surface area contributed by atoms with Crippen molar-refractivity contribution in [1.29, 1.82) is 0 Å². The molecule has 0 fully saturated rings. The van der Waals surface area contributed by atoms with Crippen LogP contribution >= 0.6 is 0 Å². The Balaban J connectivity index is 1.87. The van der Waals surface area contributed by atoms with E-state index in [0.29, 0.717) is 6.42 Å². The molecule has 0 aromatic heterocycles. The van der Waals surface area contributed by atoms with Crippen LogP contribution in [-0.4, -0.2) is 24.7 Å². The topological polar surface area (TPSA) is 29.5 Å². The Bertz CT molecular complexity index is 434. The van der Waals surface area contributed by atoms with Crippen molar-refractivity contribution in [3.05, 3.63) is 29.8 Å². The van der Waals surface area contributed by atoms with Gasteiger partial charge in [-0.15, -0.1) is 0 Å². The second kappa shape index (κ2) is 5.01. The number of hydrogen-bond acceptors (Lipinski definition) is 3. The SMILES string of the molecule is CC(C)(C)OC(=O)CCN1CCc2ccccc21. The summed E-state index contributed by atoms with van der Waals surface area (Å²) in [4.78, 5) is 13.9. The molecule has 3 heteroatoms. The standard InChI is InChI=1S/C15H21NO2/c1-15(2,3)18-14(17)9-11-16-10-8-12-6-4-5-7-13(12)16/h4-7H,8-11H2,1-3H3. The predicted molar refractivity (Wildman–Crippen MR) is 72.8 cm³/mol. The summed E-state index contributed by atoms with van der Waals surface area (Å²) in [6.45, 7) is 7.44. The predicted octanol–water partition coefficient (Wildman–Crippen LogP) is 2.78. The number of nitrogens with zero attached hydrogens (tertiary/aromatic N) is 1. The van der Waals surface area contributed by atoms with E-state index in [1.807, 2.05) is 26.8 Å². The van der Waals surface area contributed by atoms with Crippen molar-refractivity contribution in [2.75, 3.05) is 18.0 Å². The molecule has 0 spiro atoms. The molecule has 1 aliphatic rings. The summed E-state index contributed by atoms with van der Waals surface area (Å²) in [5.41, 5.74) is 2.25. The third-order valence-electron chi connectivity index (χ3n) is 2.99. The molecule has 0 saturated carbocycles. The van der Waals surface area contributed by atoms with E-state index >= 15 is 0 Å². The Labute approximate surface area is 109 Å². The van der Waals surface area contributed by atoms with Crippen LogP contribution in [-0.2, 0) is 16.0 Å². The molecular formula is C15H21NO2. The molecular weight excluding hydrogens is 226 g/mol. The monoisotopic (exact) mass is 247 g/mol. The summed E-state index contributed by atoms with van der Waals surface area (Å²) in [5.74, 6) is -0.119. The average molecular weight is 247 g/mol. The average Bonchev–Trinajstić information content (AvgIpc) is 2.67. The number of benzene rings is 1. The van der Waals surface area contributed by atoms with Crippen molar-refractivity contribution >= 4 is 11.7 Å². The Kier molecular flexibility index (Phi) is 3.60. The van der Waals surface area contributed by atoms with Gasteiger partial charge in [0.15, 0.2) is 0 Å². The van der Waals surface area contributed by atoms with Gasteiger partial charge in [-0.05, 0) is 38.8 Å². The quantitative estimate of drug-likeness (QED) is 0.769. The fraction of sp³-hybridized carbons (Fsp3) is 0.533. The van der Waals surface area contributed by atoms with Crippen molar-refractivity contribution in [3.63, 3.8) is 0 Å². The molecule has 0 saturated heterocycles. The van der Waals surface area contributed by atoms with Crippen LogP contribution in [0.4, 0.5) is 5.69 Å². The maximum atomic E-state index is 11.7. The lowest BCUT2D eigenvalue weighted by Gasteiger charge is -2.22. The van der Waals surface area contributed by atoms with E-state index in [-0.39, 0.29) is 11.6 Å². The first kappa shape index (κ1) is 12.9. The highest BCUT2D eigenvalue weighted by molar-refractivity contribution is 5.71. The van der Waals surface area contributed by atoms with Crippen molar-refractivity contribution in [2.45, 2.75) is 39.2 Å². The Morgan fingerprint density at radius 1 is 1.33 bits per heavy atom. The van der Waals surface area contributed by atoms with Crippen LogP contribution in [0.1, 0.15) is 32.8 Å². The number of carbonyl (C=O) groups is 1. The van der Waals surface area contributed by atoms with Gasteiger partial charge in [-0.1, -0.05) is 18.2 Å². The molecule has 0 bridgehead atoms. The lowest BCUT2D eigenvalue weighted by atomic mass is 10.2. The Morgan fingerprint density at radius 2 is 2.06 bits per heavy atom. The molecule has 3 nitrogen and oxygen atoms in total. The number of hydrogen-bond donors (Lipinski definition) is 0. The largest absolute Gasteiger partial charge is 0.460 e. The molecule has 0 atom stereocenters. The number of fused-ring (bicyclic) bond motifs is 1. The molecule has 1 aromatic rings. The molecule has 1 aromatic carbocycles. The molecule has 98 valence electrons. The molecule has 1 heterocycles. The highest BCUT2D eigenvalue weighted by Gasteiger charge is 2.21. The van der Waals surface area contributed by atoms with E-state index < -0.39 is 0 Å². The smallest absolute Gasteiger partial charge is 0.308 e.